The van der Waals surface area contributed by atoms with Gasteiger partial charge in [-0.25, -0.2) is 8.78 Å². The summed E-state index contributed by atoms with van der Waals surface area (Å²) in [6, 6.07) is 9.54. The SMILES string of the molecule is CN(C)Cc1cc(Cl)c(-n2cc(/C(=N/OC3CCNCC3)c3ccc(F)cc3F)ccc2=O)c(Cl)c1.Cl.Cl. The third kappa shape index (κ3) is 7.68. The molecule has 0 saturated carbocycles. The lowest BCUT2D eigenvalue weighted by Gasteiger charge is -2.21. The van der Waals surface area contributed by atoms with Crippen LogP contribution in [0.1, 0.15) is 29.5 Å². The number of hydrogen-bond donors (Lipinski definition) is 1. The summed E-state index contributed by atoms with van der Waals surface area (Å²) < 4.78 is 29.8. The van der Waals surface area contributed by atoms with Crippen LogP contribution in [0.4, 0.5) is 8.78 Å². The molecule has 2 heterocycles. The van der Waals surface area contributed by atoms with Crippen LogP contribution in [0.2, 0.25) is 10.0 Å². The number of halogens is 6. The highest BCUT2D eigenvalue weighted by Gasteiger charge is 2.20. The van der Waals surface area contributed by atoms with Crippen molar-refractivity contribution in [3.63, 3.8) is 0 Å². The van der Waals surface area contributed by atoms with Crippen molar-refractivity contribution in [1.29, 1.82) is 0 Å². The number of aromatic nitrogens is 1. The maximum Gasteiger partial charge on any atom is 0.255 e. The Morgan fingerprint density at radius 2 is 1.74 bits per heavy atom. The monoisotopic (exact) mass is 606 g/mol. The van der Waals surface area contributed by atoms with Crippen molar-refractivity contribution in [3.05, 3.63) is 97.4 Å². The van der Waals surface area contributed by atoms with Crippen LogP contribution in [0.5, 0.6) is 0 Å². The number of rotatable bonds is 7. The van der Waals surface area contributed by atoms with Crippen LogP contribution in [-0.2, 0) is 11.4 Å². The second-order valence-corrected chi connectivity index (χ2v) is 9.71. The molecule has 6 nitrogen and oxygen atoms in total. The fraction of sp³-hybridized carbons (Fsp3) is 0.308. The topological polar surface area (TPSA) is 58.9 Å². The van der Waals surface area contributed by atoms with Gasteiger partial charge in [0.15, 0.2) is 0 Å². The average Bonchev–Trinajstić information content (AvgIpc) is 2.81. The summed E-state index contributed by atoms with van der Waals surface area (Å²) >= 11 is 13.1. The second-order valence-electron chi connectivity index (χ2n) is 8.89. The molecular weight excluding hydrogens is 580 g/mol. The van der Waals surface area contributed by atoms with Crippen LogP contribution in [0, 0.1) is 11.6 Å². The zero-order valence-electron chi connectivity index (χ0n) is 20.7. The lowest BCUT2D eigenvalue weighted by atomic mass is 10.0. The summed E-state index contributed by atoms with van der Waals surface area (Å²) in [7, 11) is 3.84. The molecule has 0 amide bonds. The molecule has 1 N–H and O–H groups in total. The van der Waals surface area contributed by atoms with Crippen molar-refractivity contribution in [3.8, 4) is 5.69 Å². The largest absolute Gasteiger partial charge is 0.392 e. The van der Waals surface area contributed by atoms with Crippen LogP contribution in [0.25, 0.3) is 5.69 Å². The molecule has 0 radical (unpaired) electrons. The minimum atomic E-state index is -0.801. The normalized spacial score (nSPS) is 14.1. The van der Waals surface area contributed by atoms with Gasteiger partial charge in [0.05, 0.1) is 15.7 Å². The van der Waals surface area contributed by atoms with E-state index in [-0.39, 0.29) is 57.8 Å². The van der Waals surface area contributed by atoms with Crippen LogP contribution in [0.15, 0.2) is 58.6 Å². The summed E-state index contributed by atoms with van der Waals surface area (Å²) in [6.07, 6.45) is 2.82. The quantitative estimate of drug-likeness (QED) is 0.270. The van der Waals surface area contributed by atoms with Crippen molar-refractivity contribution in [2.75, 3.05) is 27.2 Å². The van der Waals surface area contributed by atoms with E-state index in [1.54, 1.807) is 12.1 Å². The summed E-state index contributed by atoms with van der Waals surface area (Å²) in [5.41, 5.74) is 1.32. The molecule has 0 aliphatic carbocycles. The molecule has 0 spiro atoms. The Morgan fingerprint density at radius 1 is 1.08 bits per heavy atom. The Morgan fingerprint density at radius 3 is 2.34 bits per heavy atom. The van der Waals surface area contributed by atoms with Crippen LogP contribution in [-0.4, -0.2) is 48.5 Å². The lowest BCUT2D eigenvalue weighted by molar-refractivity contribution is 0.0378. The first-order valence-electron chi connectivity index (χ1n) is 11.5. The number of hydrogen-bond acceptors (Lipinski definition) is 5. The van der Waals surface area contributed by atoms with Gasteiger partial charge in [0.2, 0.25) is 0 Å². The molecule has 1 saturated heterocycles. The fourth-order valence-corrected chi connectivity index (χ4v) is 4.79. The Labute approximate surface area is 242 Å². The van der Waals surface area contributed by atoms with Crippen molar-refractivity contribution >= 4 is 53.7 Å². The van der Waals surface area contributed by atoms with Gasteiger partial charge in [-0.15, -0.1) is 24.8 Å². The molecular formula is C26H28Cl4F2N4O2. The molecule has 1 aliphatic heterocycles. The Hall–Kier alpha value is -2.20. The van der Waals surface area contributed by atoms with Gasteiger partial charge in [0, 0.05) is 36.0 Å². The van der Waals surface area contributed by atoms with Gasteiger partial charge in [0.1, 0.15) is 23.5 Å². The van der Waals surface area contributed by atoms with Gasteiger partial charge in [-0.2, -0.15) is 0 Å². The molecule has 1 fully saturated rings. The minimum Gasteiger partial charge on any atom is -0.392 e. The zero-order valence-corrected chi connectivity index (χ0v) is 23.9. The Bertz CT molecular complexity index is 1320. The molecule has 4 rings (SSSR count). The molecule has 38 heavy (non-hydrogen) atoms. The van der Waals surface area contributed by atoms with E-state index in [1.165, 1.54) is 29.0 Å². The highest BCUT2D eigenvalue weighted by atomic mass is 35.5. The van der Waals surface area contributed by atoms with Gasteiger partial charge in [0.25, 0.3) is 5.56 Å². The minimum absolute atomic E-state index is 0. The van der Waals surface area contributed by atoms with Crippen LogP contribution in [0.3, 0.4) is 0 Å². The van der Waals surface area contributed by atoms with Crippen molar-refractivity contribution in [2.24, 2.45) is 5.16 Å². The highest BCUT2D eigenvalue weighted by Crippen LogP contribution is 2.30. The standard InChI is InChI=1S/C26H26Cl2F2N4O2.2ClH/c1-33(2)14-16-11-21(27)26(22(28)12-16)34-15-17(3-6-24(34)35)25(20-5-4-18(29)13-23(20)30)32-36-19-7-9-31-10-8-19;;/h3-6,11-13,15,19,31H,7-10,14H2,1-2H3;2*1H/b32-25-;;. The Kier molecular flexibility index (Phi) is 12.0. The molecule has 12 heteroatoms. The molecule has 206 valence electrons. The number of nitrogens with zero attached hydrogens (tertiary/aromatic N) is 3. The first-order valence-corrected chi connectivity index (χ1v) is 12.2. The number of oxime groups is 1. The van der Waals surface area contributed by atoms with Gasteiger partial charge >= 0.3 is 0 Å². The highest BCUT2D eigenvalue weighted by molar-refractivity contribution is 6.37. The molecule has 0 unspecified atom stereocenters. The van der Waals surface area contributed by atoms with Gasteiger partial charge in [-0.3, -0.25) is 9.36 Å². The maximum absolute atomic E-state index is 14.8. The molecule has 1 aliphatic rings. The number of piperidine rings is 1. The maximum atomic E-state index is 14.8. The van der Waals surface area contributed by atoms with E-state index in [0.717, 1.165) is 43.6 Å². The second kappa shape index (κ2) is 14.3. The van der Waals surface area contributed by atoms with Crippen molar-refractivity contribution in [1.82, 2.24) is 14.8 Å². The van der Waals surface area contributed by atoms with E-state index >= 15 is 0 Å². The number of benzene rings is 2. The molecule has 0 bridgehead atoms. The smallest absolute Gasteiger partial charge is 0.255 e. The zero-order chi connectivity index (χ0) is 25.8. The third-order valence-corrected chi connectivity index (χ3v) is 6.34. The first-order chi connectivity index (χ1) is 17.2. The van der Waals surface area contributed by atoms with Gasteiger partial charge < -0.3 is 15.1 Å². The predicted molar refractivity (Wildman–Crippen MR) is 153 cm³/mol. The lowest BCUT2D eigenvalue weighted by Crippen LogP contribution is -2.31. The van der Waals surface area contributed by atoms with Crippen LogP contribution >= 0.6 is 48.0 Å². The molecule has 1 aromatic heterocycles. The van der Waals surface area contributed by atoms with Crippen molar-refractivity contribution in [2.45, 2.75) is 25.5 Å². The molecule has 3 aromatic rings. The summed E-state index contributed by atoms with van der Waals surface area (Å²) in [5, 5.41) is 8.09. The van der Waals surface area contributed by atoms with E-state index < -0.39 is 11.6 Å². The number of nitrogens with one attached hydrogen (secondary N) is 1. The predicted octanol–water partition coefficient (Wildman–Crippen LogP) is 5.85. The van der Waals surface area contributed by atoms with E-state index in [2.05, 4.69) is 10.5 Å². The van der Waals surface area contributed by atoms with Crippen molar-refractivity contribution < 1.29 is 13.6 Å². The van der Waals surface area contributed by atoms with E-state index in [0.29, 0.717) is 17.8 Å². The summed E-state index contributed by atoms with van der Waals surface area (Å²) in [6.45, 7) is 2.18. The van der Waals surface area contributed by atoms with Gasteiger partial charge in [-0.05, 0) is 75.9 Å². The average molecular weight is 608 g/mol. The summed E-state index contributed by atoms with van der Waals surface area (Å²) in [4.78, 5) is 20.6. The third-order valence-electron chi connectivity index (χ3n) is 5.77. The van der Waals surface area contributed by atoms with E-state index in [1.807, 2.05) is 19.0 Å². The van der Waals surface area contributed by atoms with Crippen LogP contribution < -0.4 is 10.9 Å². The first kappa shape index (κ1) is 32.0. The number of pyridine rings is 1. The van der Waals surface area contributed by atoms with E-state index in [4.69, 9.17) is 28.0 Å². The molecule has 2 aromatic carbocycles. The fourth-order valence-electron chi connectivity index (χ4n) is 4.07. The summed E-state index contributed by atoms with van der Waals surface area (Å²) in [5.74, 6) is -1.51. The molecule has 0 atom stereocenters. The van der Waals surface area contributed by atoms with E-state index in [9.17, 15) is 13.6 Å². The Balaban J connectivity index is 0.00000253. The van der Waals surface area contributed by atoms with Gasteiger partial charge in [-0.1, -0.05) is 28.4 Å².